The fourth-order valence-corrected chi connectivity index (χ4v) is 4.21. The molecule has 5 rings (SSSR count). The van der Waals surface area contributed by atoms with Crippen LogP contribution in [0.5, 0.6) is 5.75 Å². The van der Waals surface area contributed by atoms with Gasteiger partial charge in [0.15, 0.2) is 0 Å². The van der Waals surface area contributed by atoms with Crippen molar-refractivity contribution in [3.8, 4) is 16.9 Å². The van der Waals surface area contributed by atoms with Crippen LogP contribution in [-0.2, 0) is 5.41 Å². The van der Waals surface area contributed by atoms with Gasteiger partial charge in [-0.2, -0.15) is 0 Å². The first-order chi connectivity index (χ1) is 12.1. The number of benzene rings is 3. The van der Waals surface area contributed by atoms with E-state index in [0.29, 0.717) is 5.75 Å². The van der Waals surface area contributed by atoms with Crippen molar-refractivity contribution in [2.24, 2.45) is 0 Å². The second kappa shape index (κ2) is 4.90. The second-order valence-corrected chi connectivity index (χ2v) is 7.07. The van der Waals surface area contributed by atoms with Crippen molar-refractivity contribution in [3.63, 3.8) is 0 Å². The van der Waals surface area contributed by atoms with E-state index in [0.717, 1.165) is 21.9 Å². The van der Waals surface area contributed by atoms with Crippen molar-refractivity contribution in [2.45, 2.75) is 19.3 Å². The van der Waals surface area contributed by atoms with Crippen molar-refractivity contribution in [2.75, 3.05) is 0 Å². The summed E-state index contributed by atoms with van der Waals surface area (Å²) in [6.45, 7) is 4.43. The predicted molar refractivity (Wildman–Crippen MR) is 101 cm³/mol. The van der Waals surface area contributed by atoms with Crippen LogP contribution in [0.25, 0.3) is 33.1 Å². The molecule has 1 heterocycles. The molecule has 3 nitrogen and oxygen atoms in total. The van der Waals surface area contributed by atoms with E-state index in [1.165, 1.54) is 22.3 Å². The quantitative estimate of drug-likeness (QED) is 0.550. The van der Waals surface area contributed by atoms with Crippen LogP contribution >= 0.6 is 0 Å². The average Bonchev–Trinajstić information content (AvgIpc) is 3.09. The Labute approximate surface area is 146 Å². The third-order valence-corrected chi connectivity index (χ3v) is 5.36. The molecule has 25 heavy (non-hydrogen) atoms. The zero-order valence-electron chi connectivity index (χ0n) is 14.2. The fourth-order valence-electron chi connectivity index (χ4n) is 4.21. The fraction of sp³-hybridized carbons (Fsp3) is 0.143. The molecular weight excluding hydrogens is 311 g/mol. The molecule has 3 aromatic carbocycles. The molecule has 0 radical (unpaired) electrons. The molecule has 1 aromatic heterocycles. The van der Waals surface area contributed by atoms with Gasteiger partial charge in [-0.05, 0) is 41.0 Å². The Kier molecular flexibility index (Phi) is 2.86. The third-order valence-electron chi connectivity index (χ3n) is 5.36. The Morgan fingerprint density at radius 1 is 0.960 bits per heavy atom. The molecule has 0 atom stereocenters. The third kappa shape index (κ3) is 1.86. The van der Waals surface area contributed by atoms with Gasteiger partial charge in [0.2, 0.25) is 0 Å². The standard InChI is InChI=1S/C21H17BO3/c1-21(2)17-11-12(25-22-23)7-8-13(17)15-9-10-16-14-5-3-4-6-18(14)24-20(16)19(15)21/h3-11,22-23H,1-2H3. The molecule has 1 N–H and O–H groups in total. The molecule has 0 aliphatic heterocycles. The summed E-state index contributed by atoms with van der Waals surface area (Å²) >= 11 is 0. The summed E-state index contributed by atoms with van der Waals surface area (Å²) in [6.07, 6.45) is 0. The van der Waals surface area contributed by atoms with Crippen molar-refractivity contribution in [1.82, 2.24) is 0 Å². The lowest BCUT2D eigenvalue weighted by atomic mass is 9.81. The van der Waals surface area contributed by atoms with Crippen LogP contribution in [0, 0.1) is 0 Å². The number of rotatable bonds is 2. The summed E-state index contributed by atoms with van der Waals surface area (Å²) in [5, 5.41) is 11.4. The van der Waals surface area contributed by atoms with Crippen molar-refractivity contribution >= 4 is 29.6 Å². The lowest BCUT2D eigenvalue weighted by molar-refractivity contribution is 0.453. The van der Waals surface area contributed by atoms with Crippen LogP contribution in [0.4, 0.5) is 0 Å². The van der Waals surface area contributed by atoms with Gasteiger partial charge in [-0.1, -0.05) is 44.2 Å². The number of fused-ring (bicyclic) bond motifs is 7. The van der Waals surface area contributed by atoms with E-state index in [1.807, 2.05) is 30.3 Å². The van der Waals surface area contributed by atoms with Gasteiger partial charge >= 0.3 is 7.69 Å². The molecule has 1 aliphatic carbocycles. The number of para-hydroxylation sites is 1. The second-order valence-electron chi connectivity index (χ2n) is 7.07. The minimum atomic E-state index is -0.319. The molecule has 0 saturated heterocycles. The highest BCUT2D eigenvalue weighted by atomic mass is 16.5. The van der Waals surface area contributed by atoms with Gasteiger partial charge in [0.05, 0.1) is 0 Å². The van der Waals surface area contributed by atoms with Crippen LogP contribution in [-0.4, -0.2) is 12.7 Å². The molecule has 0 saturated carbocycles. The largest absolute Gasteiger partial charge is 0.539 e. The molecule has 1 aliphatic rings. The summed E-state index contributed by atoms with van der Waals surface area (Å²) in [7, 11) is -0.319. The first-order valence-electron chi connectivity index (χ1n) is 8.44. The number of hydrogen-bond acceptors (Lipinski definition) is 3. The van der Waals surface area contributed by atoms with Gasteiger partial charge in [0, 0.05) is 21.8 Å². The average molecular weight is 328 g/mol. The van der Waals surface area contributed by atoms with E-state index >= 15 is 0 Å². The van der Waals surface area contributed by atoms with Gasteiger partial charge in [-0.3, -0.25) is 0 Å². The summed E-state index contributed by atoms with van der Waals surface area (Å²) in [5.41, 5.74) is 6.51. The van der Waals surface area contributed by atoms with Gasteiger partial charge in [-0.15, -0.1) is 0 Å². The van der Waals surface area contributed by atoms with E-state index < -0.39 is 0 Å². The monoisotopic (exact) mass is 328 g/mol. The molecule has 4 aromatic rings. The normalized spacial score (nSPS) is 14.5. The Hall–Kier alpha value is -2.72. The highest BCUT2D eigenvalue weighted by Gasteiger charge is 2.38. The van der Waals surface area contributed by atoms with Crippen LogP contribution in [0.2, 0.25) is 0 Å². The van der Waals surface area contributed by atoms with Crippen molar-refractivity contribution in [1.29, 1.82) is 0 Å². The van der Waals surface area contributed by atoms with Crippen LogP contribution in [0.15, 0.2) is 59.0 Å². The lowest BCUT2D eigenvalue weighted by Gasteiger charge is -2.22. The molecule has 0 fully saturated rings. The van der Waals surface area contributed by atoms with E-state index in [4.69, 9.17) is 14.1 Å². The van der Waals surface area contributed by atoms with Gasteiger partial charge in [0.1, 0.15) is 16.9 Å². The summed E-state index contributed by atoms with van der Waals surface area (Å²) in [4.78, 5) is 0. The Morgan fingerprint density at radius 2 is 1.76 bits per heavy atom. The summed E-state index contributed by atoms with van der Waals surface area (Å²) in [5.74, 6) is 0.683. The molecule has 122 valence electrons. The van der Waals surface area contributed by atoms with Gasteiger partial charge in [0.25, 0.3) is 0 Å². The first kappa shape index (κ1) is 14.6. The molecular formula is C21H17BO3. The highest BCUT2D eigenvalue weighted by molar-refractivity contribution is 6.17. The van der Waals surface area contributed by atoms with Gasteiger partial charge < -0.3 is 14.1 Å². The summed E-state index contributed by atoms with van der Waals surface area (Å²) < 4.78 is 11.6. The van der Waals surface area contributed by atoms with Crippen molar-refractivity contribution in [3.05, 3.63) is 65.7 Å². The minimum absolute atomic E-state index is 0.202. The Bertz CT molecular complexity index is 1140. The topological polar surface area (TPSA) is 42.6 Å². The SMILES string of the molecule is CC1(C)c2cc(OBO)ccc2-c2ccc3c(oc4ccccc43)c21. The lowest BCUT2D eigenvalue weighted by Crippen LogP contribution is -2.15. The van der Waals surface area contributed by atoms with E-state index in [2.05, 4.69) is 38.1 Å². The molecule has 0 bridgehead atoms. The maximum atomic E-state index is 9.06. The first-order valence-corrected chi connectivity index (χ1v) is 8.44. The van der Waals surface area contributed by atoms with Crippen LogP contribution in [0.3, 0.4) is 0 Å². The van der Waals surface area contributed by atoms with E-state index in [9.17, 15) is 0 Å². The van der Waals surface area contributed by atoms with E-state index in [-0.39, 0.29) is 13.1 Å². The maximum absolute atomic E-state index is 9.06. The molecule has 0 amide bonds. The molecule has 0 unspecified atom stereocenters. The highest BCUT2D eigenvalue weighted by Crippen LogP contribution is 2.53. The zero-order valence-corrected chi connectivity index (χ0v) is 14.2. The predicted octanol–water partition coefficient (Wildman–Crippen LogP) is 4.53. The number of furan rings is 1. The molecule has 4 heteroatoms. The Balaban J connectivity index is 1.85. The number of hydrogen-bond donors (Lipinski definition) is 1. The smallest absolute Gasteiger partial charge is 0.504 e. The van der Waals surface area contributed by atoms with E-state index in [1.54, 1.807) is 0 Å². The van der Waals surface area contributed by atoms with Crippen LogP contribution in [0.1, 0.15) is 25.0 Å². The zero-order chi connectivity index (χ0) is 17.2. The minimum Gasteiger partial charge on any atom is -0.539 e. The van der Waals surface area contributed by atoms with Crippen LogP contribution < -0.4 is 4.65 Å². The van der Waals surface area contributed by atoms with Gasteiger partial charge in [-0.25, -0.2) is 0 Å². The molecule has 0 spiro atoms. The maximum Gasteiger partial charge on any atom is 0.504 e. The van der Waals surface area contributed by atoms with Crippen molar-refractivity contribution < 1.29 is 14.1 Å². The summed E-state index contributed by atoms with van der Waals surface area (Å²) in [6, 6.07) is 18.5. The Morgan fingerprint density at radius 3 is 2.60 bits per heavy atom.